The van der Waals surface area contributed by atoms with Crippen LogP contribution in [0.25, 0.3) is 0 Å². The van der Waals surface area contributed by atoms with E-state index in [1.54, 1.807) is 25.6 Å². The highest BCUT2D eigenvalue weighted by Gasteiger charge is 2.16. The molecule has 0 aliphatic carbocycles. The topological polar surface area (TPSA) is 30.5 Å². The first kappa shape index (κ1) is 14.9. The fourth-order valence-corrected chi connectivity index (χ4v) is 3.00. The summed E-state index contributed by atoms with van der Waals surface area (Å²) in [6, 6.07) is 10.7. The minimum absolute atomic E-state index is 0.202. The molecule has 0 aliphatic heterocycles. The van der Waals surface area contributed by atoms with Crippen LogP contribution < -0.4 is 14.8 Å². The first-order valence-corrected chi connectivity index (χ1v) is 7.55. The second-order valence-electron chi connectivity index (χ2n) is 4.73. The van der Waals surface area contributed by atoms with E-state index in [4.69, 9.17) is 9.47 Å². The molecule has 0 bridgehead atoms. The van der Waals surface area contributed by atoms with Crippen molar-refractivity contribution in [2.24, 2.45) is 0 Å². The molecule has 20 heavy (non-hydrogen) atoms. The zero-order valence-electron chi connectivity index (χ0n) is 12.3. The number of thiophene rings is 1. The quantitative estimate of drug-likeness (QED) is 0.866. The van der Waals surface area contributed by atoms with Crippen molar-refractivity contribution in [2.45, 2.75) is 25.9 Å². The second kappa shape index (κ2) is 6.77. The van der Waals surface area contributed by atoms with Crippen LogP contribution in [0.4, 0.5) is 0 Å². The maximum atomic E-state index is 5.46. The van der Waals surface area contributed by atoms with Gasteiger partial charge in [0, 0.05) is 28.6 Å². The van der Waals surface area contributed by atoms with Crippen molar-refractivity contribution in [1.29, 1.82) is 0 Å². The molecule has 0 amide bonds. The van der Waals surface area contributed by atoms with Crippen molar-refractivity contribution in [3.63, 3.8) is 0 Å². The van der Waals surface area contributed by atoms with Gasteiger partial charge in [0.25, 0.3) is 0 Å². The van der Waals surface area contributed by atoms with Crippen molar-refractivity contribution < 1.29 is 9.47 Å². The lowest BCUT2D eigenvalue weighted by molar-refractivity contribution is 0.383. The molecule has 1 aromatic carbocycles. The van der Waals surface area contributed by atoms with E-state index in [1.807, 2.05) is 12.1 Å². The molecule has 4 heteroatoms. The molecular weight excluding hydrogens is 270 g/mol. The van der Waals surface area contributed by atoms with E-state index in [1.165, 1.54) is 4.88 Å². The summed E-state index contributed by atoms with van der Waals surface area (Å²) >= 11 is 1.77. The van der Waals surface area contributed by atoms with E-state index in [2.05, 4.69) is 42.7 Å². The normalized spacial score (nSPS) is 13.8. The van der Waals surface area contributed by atoms with E-state index in [0.717, 1.165) is 17.1 Å². The maximum absolute atomic E-state index is 5.46. The zero-order valence-corrected chi connectivity index (χ0v) is 13.2. The minimum Gasteiger partial charge on any atom is -0.497 e. The summed E-state index contributed by atoms with van der Waals surface area (Å²) in [7, 11) is 3.35. The Morgan fingerprint density at radius 3 is 2.45 bits per heavy atom. The van der Waals surface area contributed by atoms with Crippen molar-refractivity contribution in [1.82, 2.24) is 5.32 Å². The summed E-state index contributed by atoms with van der Waals surface area (Å²) in [6.45, 7) is 4.33. The van der Waals surface area contributed by atoms with Crippen molar-refractivity contribution in [3.8, 4) is 11.5 Å². The lowest BCUT2D eigenvalue weighted by Gasteiger charge is -2.21. The molecule has 108 valence electrons. The molecule has 2 rings (SSSR count). The average molecular weight is 291 g/mol. The molecule has 1 unspecified atom stereocenters. The molecule has 1 aromatic heterocycles. The Hall–Kier alpha value is -1.52. The van der Waals surface area contributed by atoms with Crippen molar-refractivity contribution >= 4 is 11.3 Å². The summed E-state index contributed by atoms with van der Waals surface area (Å²) in [5, 5.41) is 5.70. The highest BCUT2D eigenvalue weighted by atomic mass is 32.1. The van der Waals surface area contributed by atoms with Gasteiger partial charge in [-0.3, -0.25) is 0 Å². The minimum atomic E-state index is 0.202. The molecular formula is C16H21NO2S. The summed E-state index contributed by atoms with van der Waals surface area (Å²) in [4.78, 5) is 1.34. The molecule has 1 heterocycles. The third kappa shape index (κ3) is 3.32. The van der Waals surface area contributed by atoms with Gasteiger partial charge in [0.15, 0.2) is 0 Å². The molecule has 2 atom stereocenters. The summed E-state index contributed by atoms with van der Waals surface area (Å²) in [5.41, 5.74) is 1.14. The highest BCUT2D eigenvalue weighted by molar-refractivity contribution is 7.10. The molecule has 0 radical (unpaired) electrons. The van der Waals surface area contributed by atoms with Crippen LogP contribution >= 0.6 is 11.3 Å². The molecule has 3 nitrogen and oxygen atoms in total. The number of ether oxygens (including phenoxy) is 2. The first-order valence-electron chi connectivity index (χ1n) is 6.67. The molecule has 0 saturated heterocycles. The maximum Gasteiger partial charge on any atom is 0.127 e. The Bertz CT molecular complexity index is 539. The summed E-state index contributed by atoms with van der Waals surface area (Å²) in [6.07, 6.45) is 0. The molecule has 1 N–H and O–H groups in total. The van der Waals surface area contributed by atoms with Crippen LogP contribution in [0.1, 0.15) is 36.4 Å². The SMILES string of the molecule is COc1ccc(C(C)N[C@@H](C)c2cccs2)c(OC)c1. The Morgan fingerprint density at radius 1 is 1.05 bits per heavy atom. The lowest BCUT2D eigenvalue weighted by atomic mass is 10.1. The Balaban J connectivity index is 2.14. The van der Waals surface area contributed by atoms with Crippen LogP contribution in [-0.2, 0) is 0 Å². The van der Waals surface area contributed by atoms with Crippen LogP contribution in [0.3, 0.4) is 0 Å². The lowest BCUT2D eigenvalue weighted by Crippen LogP contribution is -2.22. The molecule has 0 spiro atoms. The van der Waals surface area contributed by atoms with E-state index in [9.17, 15) is 0 Å². The van der Waals surface area contributed by atoms with Gasteiger partial charge in [0.2, 0.25) is 0 Å². The van der Waals surface area contributed by atoms with Gasteiger partial charge in [0.05, 0.1) is 14.2 Å². The third-order valence-electron chi connectivity index (χ3n) is 3.38. The predicted octanol–water partition coefficient (Wildman–Crippen LogP) is 4.18. The number of benzene rings is 1. The number of methoxy groups -OCH3 is 2. The van der Waals surface area contributed by atoms with Gasteiger partial charge in [-0.1, -0.05) is 12.1 Å². The second-order valence-corrected chi connectivity index (χ2v) is 5.71. The smallest absolute Gasteiger partial charge is 0.127 e. The first-order chi connectivity index (χ1) is 9.65. The number of hydrogen-bond acceptors (Lipinski definition) is 4. The van der Waals surface area contributed by atoms with Crippen LogP contribution in [0.5, 0.6) is 11.5 Å². The number of hydrogen-bond donors (Lipinski definition) is 1. The van der Waals surface area contributed by atoms with Gasteiger partial charge in [0.1, 0.15) is 11.5 Å². The molecule has 2 aromatic rings. The van der Waals surface area contributed by atoms with Gasteiger partial charge < -0.3 is 14.8 Å². The van der Waals surface area contributed by atoms with E-state index < -0.39 is 0 Å². The fraction of sp³-hybridized carbons (Fsp3) is 0.375. The van der Waals surface area contributed by atoms with E-state index in [-0.39, 0.29) is 6.04 Å². The van der Waals surface area contributed by atoms with Gasteiger partial charge >= 0.3 is 0 Å². The molecule has 0 aliphatic rings. The largest absolute Gasteiger partial charge is 0.497 e. The van der Waals surface area contributed by atoms with Crippen LogP contribution in [-0.4, -0.2) is 14.2 Å². The standard InChI is InChI=1S/C16H21NO2S/c1-11(17-12(2)16-6-5-9-20-16)14-8-7-13(18-3)10-15(14)19-4/h5-12,17H,1-4H3/t11?,12-/m0/s1. The van der Waals surface area contributed by atoms with Crippen molar-refractivity contribution in [2.75, 3.05) is 14.2 Å². The molecule has 0 fully saturated rings. The zero-order chi connectivity index (χ0) is 14.5. The Labute approximate surface area is 124 Å². The fourth-order valence-electron chi connectivity index (χ4n) is 2.26. The third-order valence-corrected chi connectivity index (χ3v) is 4.43. The molecule has 0 saturated carbocycles. The van der Waals surface area contributed by atoms with Crippen LogP contribution in [0.15, 0.2) is 35.7 Å². The monoisotopic (exact) mass is 291 g/mol. The predicted molar refractivity (Wildman–Crippen MR) is 83.8 cm³/mol. The Morgan fingerprint density at radius 2 is 1.85 bits per heavy atom. The number of nitrogens with one attached hydrogen (secondary N) is 1. The van der Waals surface area contributed by atoms with E-state index >= 15 is 0 Å². The van der Waals surface area contributed by atoms with Gasteiger partial charge in [-0.2, -0.15) is 0 Å². The highest BCUT2D eigenvalue weighted by Crippen LogP contribution is 2.31. The van der Waals surface area contributed by atoms with Crippen LogP contribution in [0.2, 0.25) is 0 Å². The van der Waals surface area contributed by atoms with Gasteiger partial charge in [-0.15, -0.1) is 11.3 Å². The summed E-state index contributed by atoms with van der Waals surface area (Å²) < 4.78 is 10.7. The average Bonchev–Trinajstić information content (AvgIpc) is 3.00. The Kier molecular flexibility index (Phi) is 5.04. The van der Waals surface area contributed by atoms with E-state index in [0.29, 0.717) is 6.04 Å². The summed E-state index contributed by atoms with van der Waals surface area (Å²) in [5.74, 6) is 1.66. The van der Waals surface area contributed by atoms with Crippen LogP contribution in [0, 0.1) is 0 Å². The van der Waals surface area contributed by atoms with Crippen molar-refractivity contribution in [3.05, 3.63) is 46.2 Å². The van der Waals surface area contributed by atoms with Gasteiger partial charge in [-0.05, 0) is 31.4 Å². The number of rotatable bonds is 6. The van der Waals surface area contributed by atoms with Gasteiger partial charge in [-0.25, -0.2) is 0 Å².